The molecular weight excluding hydrogens is 442 g/mol. The third kappa shape index (κ3) is 2.83. The number of amides is 2. The molecular formula is C24H19N3O3S2. The lowest BCUT2D eigenvalue weighted by atomic mass is 9.83. The highest BCUT2D eigenvalue weighted by molar-refractivity contribution is 8.00. The normalized spacial score (nSPS) is 22.1. The van der Waals surface area contributed by atoms with Crippen molar-refractivity contribution in [1.82, 2.24) is 14.5 Å². The first-order valence-electron chi connectivity index (χ1n) is 10.4. The third-order valence-electron chi connectivity index (χ3n) is 6.33. The van der Waals surface area contributed by atoms with Gasteiger partial charge in [-0.2, -0.15) is 0 Å². The van der Waals surface area contributed by atoms with Crippen LogP contribution >= 0.6 is 23.1 Å². The minimum atomic E-state index is -0.546. The average Bonchev–Trinajstić information content (AvgIpc) is 3.39. The molecule has 4 heterocycles. The Labute approximate surface area is 191 Å². The summed E-state index contributed by atoms with van der Waals surface area (Å²) in [6, 6.07) is 17.9. The number of nitrogens with zero attached hydrogens (tertiary/aromatic N) is 2. The molecule has 0 unspecified atom stereocenters. The number of fused-ring (bicyclic) bond motifs is 3. The topological polar surface area (TPSA) is 73.1 Å². The fourth-order valence-electron chi connectivity index (χ4n) is 4.90. The zero-order valence-electron chi connectivity index (χ0n) is 17.1. The minimum absolute atomic E-state index is 0.0654. The van der Waals surface area contributed by atoms with Crippen molar-refractivity contribution in [3.63, 3.8) is 0 Å². The van der Waals surface area contributed by atoms with E-state index in [1.165, 1.54) is 23.1 Å². The van der Waals surface area contributed by atoms with Crippen LogP contribution in [0.1, 0.15) is 21.9 Å². The van der Waals surface area contributed by atoms with E-state index in [0.29, 0.717) is 6.54 Å². The van der Waals surface area contributed by atoms with Crippen LogP contribution in [0, 0.1) is 5.92 Å². The summed E-state index contributed by atoms with van der Waals surface area (Å²) in [7, 11) is 1.98. The summed E-state index contributed by atoms with van der Waals surface area (Å²) < 4.78 is 3.80. The quantitative estimate of drug-likeness (QED) is 0.475. The molecule has 2 aliphatic rings. The lowest BCUT2D eigenvalue weighted by Gasteiger charge is -2.30. The number of thiazole rings is 1. The number of rotatable bonds is 3. The van der Waals surface area contributed by atoms with E-state index in [2.05, 4.69) is 5.32 Å². The first-order valence-corrected chi connectivity index (χ1v) is 12.1. The molecule has 1 N–H and O–H groups in total. The second-order valence-corrected chi connectivity index (χ2v) is 10.3. The Hall–Kier alpha value is -3.10. The van der Waals surface area contributed by atoms with Crippen molar-refractivity contribution >= 4 is 45.8 Å². The van der Waals surface area contributed by atoms with Crippen LogP contribution in [0.2, 0.25) is 0 Å². The number of aryl methyl sites for hydroxylation is 1. The molecule has 4 aromatic rings. The van der Waals surface area contributed by atoms with Gasteiger partial charge >= 0.3 is 4.87 Å². The van der Waals surface area contributed by atoms with Crippen LogP contribution in [0.5, 0.6) is 0 Å². The largest absolute Gasteiger partial charge is 0.350 e. The molecule has 1 fully saturated rings. The maximum Gasteiger partial charge on any atom is 0.308 e. The summed E-state index contributed by atoms with van der Waals surface area (Å²) in [6.07, 6.45) is 2.04. The van der Waals surface area contributed by atoms with Crippen molar-refractivity contribution in [1.29, 1.82) is 0 Å². The molecule has 2 amide bonds. The summed E-state index contributed by atoms with van der Waals surface area (Å²) in [6.45, 7) is 0.438. The van der Waals surface area contributed by atoms with Gasteiger partial charge < -0.3 is 4.57 Å². The molecule has 0 saturated carbocycles. The van der Waals surface area contributed by atoms with Crippen molar-refractivity contribution in [3.8, 4) is 0 Å². The van der Waals surface area contributed by atoms with Crippen LogP contribution < -0.4 is 10.2 Å². The SMILES string of the molecule is Cn1cc([C@H]2c3sc(=O)n(Cc4ccccc4)c3S[C@@H]3C(=O)NC(=O)[C@H]23)c2ccccc21. The number of aromatic nitrogens is 2. The Bertz CT molecular complexity index is 1450. The van der Waals surface area contributed by atoms with Crippen LogP contribution in [-0.4, -0.2) is 26.2 Å². The molecule has 2 aromatic heterocycles. The van der Waals surface area contributed by atoms with Crippen LogP contribution in [0.15, 0.2) is 70.6 Å². The molecule has 0 radical (unpaired) electrons. The van der Waals surface area contributed by atoms with Gasteiger partial charge in [0.25, 0.3) is 0 Å². The highest BCUT2D eigenvalue weighted by Crippen LogP contribution is 2.52. The van der Waals surface area contributed by atoms with E-state index in [-0.39, 0.29) is 22.6 Å². The number of imide groups is 1. The highest BCUT2D eigenvalue weighted by atomic mass is 32.2. The molecule has 2 aromatic carbocycles. The second-order valence-electron chi connectivity index (χ2n) is 8.22. The Morgan fingerprint density at radius 3 is 2.53 bits per heavy atom. The van der Waals surface area contributed by atoms with E-state index >= 15 is 0 Å². The van der Waals surface area contributed by atoms with Crippen molar-refractivity contribution in [2.75, 3.05) is 0 Å². The van der Waals surface area contributed by atoms with Crippen molar-refractivity contribution < 1.29 is 9.59 Å². The smallest absolute Gasteiger partial charge is 0.308 e. The van der Waals surface area contributed by atoms with E-state index in [4.69, 9.17) is 0 Å². The monoisotopic (exact) mass is 461 g/mol. The Morgan fingerprint density at radius 2 is 1.72 bits per heavy atom. The molecule has 1 saturated heterocycles. The Morgan fingerprint density at radius 1 is 0.969 bits per heavy atom. The number of carbonyl (C=O) groups excluding carboxylic acids is 2. The summed E-state index contributed by atoms with van der Waals surface area (Å²) in [5.41, 5.74) is 3.06. The minimum Gasteiger partial charge on any atom is -0.350 e. The van der Waals surface area contributed by atoms with Gasteiger partial charge in [0.1, 0.15) is 5.25 Å². The number of carbonyl (C=O) groups is 2. The third-order valence-corrected chi connectivity index (χ3v) is 8.95. The molecule has 160 valence electrons. The maximum absolute atomic E-state index is 13.1. The molecule has 0 bridgehead atoms. The number of benzene rings is 2. The van der Waals surface area contributed by atoms with Gasteiger partial charge in [-0.05, 0) is 17.2 Å². The molecule has 6 rings (SSSR count). The van der Waals surface area contributed by atoms with Gasteiger partial charge in [-0.1, -0.05) is 71.6 Å². The van der Waals surface area contributed by atoms with Gasteiger partial charge in [-0.15, -0.1) is 0 Å². The summed E-state index contributed by atoms with van der Waals surface area (Å²) in [4.78, 5) is 39.5. The van der Waals surface area contributed by atoms with Gasteiger partial charge in [0.2, 0.25) is 11.8 Å². The van der Waals surface area contributed by atoms with Gasteiger partial charge in [0.05, 0.1) is 17.5 Å². The van der Waals surface area contributed by atoms with E-state index in [1.54, 1.807) is 4.57 Å². The standard InChI is InChI=1S/C24H19N3O3S2/c1-26-12-15(14-9-5-6-10-16(14)26)17-18-19(22(29)25-21(18)28)31-23-20(17)32-24(30)27(23)11-13-7-3-2-4-8-13/h2-10,12,17-19H,11H2,1H3,(H,25,28,29)/t17-,18-,19+/m1/s1. The number of hydrogen-bond acceptors (Lipinski definition) is 5. The molecule has 2 aliphatic heterocycles. The van der Waals surface area contributed by atoms with E-state index < -0.39 is 11.2 Å². The predicted octanol–water partition coefficient (Wildman–Crippen LogP) is 3.33. The molecule has 0 spiro atoms. The zero-order chi connectivity index (χ0) is 22.0. The highest BCUT2D eigenvalue weighted by Gasteiger charge is 2.53. The lowest BCUT2D eigenvalue weighted by Crippen LogP contribution is -2.32. The molecule has 0 aliphatic carbocycles. The van der Waals surface area contributed by atoms with Gasteiger partial charge in [0.15, 0.2) is 0 Å². The van der Waals surface area contributed by atoms with Gasteiger partial charge in [-0.3, -0.25) is 24.3 Å². The predicted molar refractivity (Wildman–Crippen MR) is 125 cm³/mol. The second kappa shape index (κ2) is 7.21. The van der Waals surface area contributed by atoms with Crippen molar-refractivity contribution in [2.45, 2.75) is 22.7 Å². The fraction of sp³-hybridized carbons (Fsp3) is 0.208. The molecule has 3 atom stereocenters. The van der Waals surface area contributed by atoms with E-state index in [9.17, 15) is 14.4 Å². The first kappa shape index (κ1) is 19.6. The molecule has 32 heavy (non-hydrogen) atoms. The summed E-state index contributed by atoms with van der Waals surface area (Å²) >= 11 is 2.55. The van der Waals surface area contributed by atoms with Crippen LogP contribution in [0.3, 0.4) is 0 Å². The molecule has 8 heteroatoms. The first-order chi connectivity index (χ1) is 15.5. The van der Waals surface area contributed by atoms with Crippen LogP contribution in [0.4, 0.5) is 0 Å². The maximum atomic E-state index is 13.1. The number of hydrogen-bond donors (Lipinski definition) is 1. The zero-order valence-corrected chi connectivity index (χ0v) is 18.8. The summed E-state index contributed by atoms with van der Waals surface area (Å²) in [5.74, 6) is -1.41. The Kier molecular flexibility index (Phi) is 4.41. The van der Waals surface area contributed by atoms with Crippen molar-refractivity contribution in [3.05, 3.63) is 86.5 Å². The van der Waals surface area contributed by atoms with Crippen LogP contribution in [-0.2, 0) is 23.2 Å². The van der Waals surface area contributed by atoms with E-state index in [0.717, 1.165) is 31.9 Å². The fourth-order valence-corrected chi connectivity index (χ4v) is 7.63. The van der Waals surface area contributed by atoms with Gasteiger partial charge in [0, 0.05) is 34.9 Å². The Balaban J connectivity index is 1.58. The lowest BCUT2D eigenvalue weighted by molar-refractivity contribution is -0.125. The van der Waals surface area contributed by atoms with Crippen LogP contribution in [0.25, 0.3) is 10.9 Å². The number of para-hydroxylation sites is 1. The average molecular weight is 462 g/mol. The molecule has 6 nitrogen and oxygen atoms in total. The number of nitrogens with one attached hydrogen (secondary N) is 1. The van der Waals surface area contributed by atoms with Crippen molar-refractivity contribution in [2.24, 2.45) is 13.0 Å². The summed E-state index contributed by atoms with van der Waals surface area (Å²) in [5, 5.41) is 3.83. The number of thioether (sulfide) groups is 1. The van der Waals surface area contributed by atoms with Gasteiger partial charge in [-0.25, -0.2) is 0 Å². The van der Waals surface area contributed by atoms with E-state index in [1.807, 2.05) is 72.4 Å².